The van der Waals surface area contributed by atoms with Crippen molar-refractivity contribution in [3.8, 4) is 0 Å². The van der Waals surface area contributed by atoms with Crippen LogP contribution >= 0.6 is 0 Å². The first-order valence-corrected chi connectivity index (χ1v) is 8.11. The van der Waals surface area contributed by atoms with Gasteiger partial charge in [0.25, 0.3) is 5.56 Å². The predicted molar refractivity (Wildman–Crippen MR) is 75.7 cm³/mol. The lowest BCUT2D eigenvalue weighted by atomic mass is 10.2. The van der Waals surface area contributed by atoms with Crippen LogP contribution in [0.3, 0.4) is 0 Å². The van der Waals surface area contributed by atoms with Crippen LogP contribution in [0.2, 0.25) is 0 Å². The van der Waals surface area contributed by atoms with Crippen LogP contribution in [-0.4, -0.2) is 47.7 Å². The first kappa shape index (κ1) is 15.9. The van der Waals surface area contributed by atoms with E-state index < -0.39 is 21.3 Å². The number of rotatable bonds is 3. The van der Waals surface area contributed by atoms with E-state index in [1.54, 1.807) is 0 Å². The van der Waals surface area contributed by atoms with Gasteiger partial charge in [0.15, 0.2) is 4.90 Å². The lowest BCUT2D eigenvalue weighted by molar-refractivity contribution is 0.0313. The molecule has 1 aromatic rings. The zero-order chi connectivity index (χ0) is 15.8. The molecule has 8 nitrogen and oxygen atoms in total. The molecule has 1 aliphatic heterocycles. The second kappa shape index (κ2) is 5.74. The number of morpholine rings is 1. The Labute approximate surface area is 122 Å². The molecule has 1 fully saturated rings. The van der Waals surface area contributed by atoms with Crippen molar-refractivity contribution in [2.45, 2.75) is 24.3 Å². The molecule has 2 heterocycles. The second-order valence-electron chi connectivity index (χ2n) is 5.00. The fraction of sp³-hybridized carbons (Fsp3) is 0.667. The Hall–Kier alpha value is -1.45. The van der Waals surface area contributed by atoms with E-state index in [2.05, 4.69) is 0 Å². The summed E-state index contributed by atoms with van der Waals surface area (Å²) in [7, 11) is -1.28. The third-order valence-electron chi connectivity index (χ3n) is 3.65. The van der Waals surface area contributed by atoms with Crippen molar-refractivity contribution in [1.82, 2.24) is 13.4 Å². The van der Waals surface area contributed by atoms with Gasteiger partial charge in [-0.3, -0.25) is 9.36 Å². The van der Waals surface area contributed by atoms with Crippen LogP contribution in [0.5, 0.6) is 0 Å². The molecule has 118 valence electrons. The highest BCUT2D eigenvalue weighted by Crippen LogP contribution is 2.19. The Balaban J connectivity index is 2.59. The van der Waals surface area contributed by atoms with Gasteiger partial charge >= 0.3 is 5.69 Å². The maximum atomic E-state index is 12.7. The summed E-state index contributed by atoms with van der Waals surface area (Å²) in [5, 5.41) is 0. The summed E-state index contributed by atoms with van der Waals surface area (Å²) in [4.78, 5) is 23.4. The van der Waals surface area contributed by atoms with Crippen molar-refractivity contribution < 1.29 is 13.2 Å². The zero-order valence-corrected chi connectivity index (χ0v) is 13.1. The Morgan fingerprint density at radius 3 is 2.62 bits per heavy atom. The predicted octanol–water partition coefficient (Wildman–Crippen LogP) is -1.12. The van der Waals surface area contributed by atoms with Gasteiger partial charge in [-0.25, -0.2) is 13.2 Å². The SMILES string of the molecule is CCC1COCCN1S(=O)(=O)c1cn(C)c(=O)n(C)c1=O. The van der Waals surface area contributed by atoms with Crippen molar-refractivity contribution in [3.05, 3.63) is 27.0 Å². The molecule has 1 unspecified atom stereocenters. The minimum atomic E-state index is -3.96. The standard InChI is InChI=1S/C12H19N3O5S/c1-4-9-8-20-6-5-15(9)21(18,19)10-7-13(2)12(17)14(3)11(10)16/h7,9H,4-6,8H2,1-3H3. The number of aryl methyl sites for hydroxylation is 1. The van der Waals surface area contributed by atoms with Crippen LogP contribution in [0.15, 0.2) is 20.7 Å². The van der Waals surface area contributed by atoms with E-state index in [1.165, 1.54) is 18.4 Å². The van der Waals surface area contributed by atoms with E-state index in [-0.39, 0.29) is 17.5 Å². The molecule has 0 radical (unpaired) electrons. The highest BCUT2D eigenvalue weighted by atomic mass is 32.2. The average Bonchev–Trinajstić information content (AvgIpc) is 2.48. The lowest BCUT2D eigenvalue weighted by Gasteiger charge is -2.33. The Morgan fingerprint density at radius 2 is 2.00 bits per heavy atom. The monoisotopic (exact) mass is 317 g/mol. The summed E-state index contributed by atoms with van der Waals surface area (Å²) < 4.78 is 33.9. The molecule has 2 rings (SSSR count). The fourth-order valence-corrected chi connectivity index (χ4v) is 4.17. The topological polar surface area (TPSA) is 90.6 Å². The van der Waals surface area contributed by atoms with Crippen LogP contribution in [0.1, 0.15) is 13.3 Å². The molecule has 1 atom stereocenters. The van der Waals surface area contributed by atoms with Crippen LogP contribution in [0.25, 0.3) is 0 Å². The van der Waals surface area contributed by atoms with E-state index in [0.717, 1.165) is 15.3 Å². The molecule has 0 bridgehead atoms. The lowest BCUT2D eigenvalue weighted by Crippen LogP contribution is -2.50. The van der Waals surface area contributed by atoms with Crippen molar-refractivity contribution in [2.24, 2.45) is 14.1 Å². The van der Waals surface area contributed by atoms with Gasteiger partial charge in [0.1, 0.15) is 0 Å². The highest BCUT2D eigenvalue weighted by molar-refractivity contribution is 7.89. The molecule has 0 aliphatic carbocycles. The number of hydrogen-bond donors (Lipinski definition) is 0. The fourth-order valence-electron chi connectivity index (χ4n) is 2.36. The molecule has 1 aromatic heterocycles. The van der Waals surface area contributed by atoms with Gasteiger partial charge in [0.2, 0.25) is 10.0 Å². The van der Waals surface area contributed by atoms with E-state index in [0.29, 0.717) is 19.6 Å². The van der Waals surface area contributed by atoms with E-state index in [4.69, 9.17) is 4.74 Å². The van der Waals surface area contributed by atoms with Crippen LogP contribution < -0.4 is 11.2 Å². The number of sulfonamides is 1. The van der Waals surface area contributed by atoms with Crippen molar-refractivity contribution in [1.29, 1.82) is 0 Å². The van der Waals surface area contributed by atoms with Crippen molar-refractivity contribution in [2.75, 3.05) is 19.8 Å². The highest BCUT2D eigenvalue weighted by Gasteiger charge is 2.35. The largest absolute Gasteiger partial charge is 0.378 e. The maximum Gasteiger partial charge on any atom is 0.330 e. The molecule has 1 saturated heterocycles. The number of hydrogen-bond acceptors (Lipinski definition) is 5. The molecule has 9 heteroatoms. The van der Waals surface area contributed by atoms with Crippen LogP contribution in [-0.2, 0) is 28.9 Å². The zero-order valence-electron chi connectivity index (χ0n) is 12.3. The molecule has 0 spiro atoms. The van der Waals surface area contributed by atoms with Gasteiger partial charge in [-0.05, 0) is 6.42 Å². The Bertz CT molecular complexity index is 749. The molecule has 1 aliphatic rings. The quantitative estimate of drug-likeness (QED) is 0.704. The third-order valence-corrected chi connectivity index (χ3v) is 5.58. The molecule has 0 saturated carbocycles. The number of nitrogens with zero attached hydrogens (tertiary/aromatic N) is 3. The molecule has 0 N–H and O–H groups in total. The molecule has 21 heavy (non-hydrogen) atoms. The molecular weight excluding hydrogens is 298 g/mol. The van der Waals surface area contributed by atoms with Gasteiger partial charge in [0.05, 0.1) is 13.2 Å². The Morgan fingerprint density at radius 1 is 1.33 bits per heavy atom. The molecule has 0 aromatic carbocycles. The van der Waals surface area contributed by atoms with Gasteiger partial charge in [-0.1, -0.05) is 6.92 Å². The normalized spacial score (nSPS) is 20.6. The minimum absolute atomic E-state index is 0.201. The first-order chi connectivity index (χ1) is 9.80. The molecular formula is C12H19N3O5S. The number of ether oxygens (including phenoxy) is 1. The summed E-state index contributed by atoms with van der Waals surface area (Å²) >= 11 is 0. The van der Waals surface area contributed by atoms with E-state index in [9.17, 15) is 18.0 Å². The Kier molecular flexibility index (Phi) is 4.35. The van der Waals surface area contributed by atoms with E-state index in [1.807, 2.05) is 6.92 Å². The minimum Gasteiger partial charge on any atom is -0.378 e. The van der Waals surface area contributed by atoms with E-state index >= 15 is 0 Å². The van der Waals surface area contributed by atoms with Gasteiger partial charge < -0.3 is 9.30 Å². The second-order valence-corrected chi connectivity index (χ2v) is 6.86. The van der Waals surface area contributed by atoms with Gasteiger partial charge in [-0.15, -0.1) is 0 Å². The summed E-state index contributed by atoms with van der Waals surface area (Å²) in [6.45, 7) is 2.66. The van der Waals surface area contributed by atoms with Gasteiger partial charge in [-0.2, -0.15) is 4.31 Å². The van der Waals surface area contributed by atoms with Crippen molar-refractivity contribution >= 4 is 10.0 Å². The van der Waals surface area contributed by atoms with Crippen LogP contribution in [0, 0.1) is 0 Å². The summed E-state index contributed by atoms with van der Waals surface area (Å²) in [6, 6.07) is -0.300. The number of aromatic nitrogens is 2. The summed E-state index contributed by atoms with van der Waals surface area (Å²) in [5.41, 5.74) is -1.37. The van der Waals surface area contributed by atoms with Crippen LogP contribution in [0.4, 0.5) is 0 Å². The smallest absolute Gasteiger partial charge is 0.330 e. The van der Waals surface area contributed by atoms with Crippen molar-refractivity contribution in [3.63, 3.8) is 0 Å². The maximum absolute atomic E-state index is 12.7. The van der Waals surface area contributed by atoms with Gasteiger partial charge in [0, 0.05) is 32.9 Å². The third kappa shape index (κ3) is 2.68. The summed E-state index contributed by atoms with van der Waals surface area (Å²) in [5.74, 6) is 0. The average molecular weight is 317 g/mol. The first-order valence-electron chi connectivity index (χ1n) is 6.67. The summed E-state index contributed by atoms with van der Waals surface area (Å²) in [6.07, 6.45) is 1.67. The molecule has 0 amide bonds.